The summed E-state index contributed by atoms with van der Waals surface area (Å²) < 4.78 is 24.0. The summed E-state index contributed by atoms with van der Waals surface area (Å²) in [5.41, 5.74) is 5.67. The average Bonchev–Trinajstić information content (AvgIpc) is 2.96. The summed E-state index contributed by atoms with van der Waals surface area (Å²) >= 11 is 8.25. The molecule has 40 heavy (non-hydrogen) atoms. The van der Waals surface area contributed by atoms with Crippen LogP contribution in [0.1, 0.15) is 34.0 Å². The van der Waals surface area contributed by atoms with Crippen LogP contribution >= 0.6 is 34.2 Å². The first-order chi connectivity index (χ1) is 19.5. The Balaban J connectivity index is 1.40. The quantitative estimate of drug-likeness (QED) is 0.0975. The molecule has 0 heterocycles. The maximum atomic E-state index is 12.8. The smallest absolute Gasteiger partial charge is 0.271 e. The van der Waals surface area contributed by atoms with Crippen LogP contribution in [0.3, 0.4) is 0 Å². The summed E-state index contributed by atoms with van der Waals surface area (Å²) in [6.07, 6.45) is 1.55. The molecule has 0 unspecified atom stereocenters. The van der Waals surface area contributed by atoms with E-state index in [1.165, 1.54) is 0 Å². The first-order valence-corrected chi connectivity index (χ1v) is 13.9. The van der Waals surface area contributed by atoms with Crippen molar-refractivity contribution in [3.8, 4) is 23.0 Å². The maximum absolute atomic E-state index is 12.8. The second-order valence-electron chi connectivity index (χ2n) is 8.52. The number of benzene rings is 4. The molecule has 0 saturated carbocycles. The van der Waals surface area contributed by atoms with Gasteiger partial charge in [0.1, 0.15) is 13.2 Å². The van der Waals surface area contributed by atoms with E-state index < -0.39 is 0 Å². The zero-order valence-electron chi connectivity index (χ0n) is 22.0. The van der Waals surface area contributed by atoms with Crippen LogP contribution in [0.25, 0.3) is 0 Å². The number of halogens is 2. The van der Waals surface area contributed by atoms with E-state index in [0.29, 0.717) is 53.4 Å². The molecule has 206 valence electrons. The zero-order chi connectivity index (χ0) is 28.3. The molecule has 7 nitrogen and oxygen atoms in total. The van der Waals surface area contributed by atoms with Gasteiger partial charge in [-0.3, -0.25) is 4.79 Å². The fraction of sp³-hybridized carbons (Fsp3) is 0.161. The Bertz CT molecular complexity index is 1480. The number of nitrogens with zero attached hydrogens (tertiary/aromatic N) is 1. The van der Waals surface area contributed by atoms with Crippen molar-refractivity contribution in [2.45, 2.75) is 20.1 Å². The Morgan fingerprint density at radius 1 is 0.875 bits per heavy atom. The molecule has 0 spiro atoms. The number of hydrogen-bond donors (Lipinski definition) is 1. The normalized spacial score (nSPS) is 10.8. The van der Waals surface area contributed by atoms with Gasteiger partial charge in [0, 0.05) is 10.6 Å². The highest BCUT2D eigenvalue weighted by atomic mass is 127. The maximum Gasteiger partial charge on any atom is 0.271 e. The second kappa shape index (κ2) is 14.6. The highest BCUT2D eigenvalue weighted by Crippen LogP contribution is 2.34. The van der Waals surface area contributed by atoms with Crippen molar-refractivity contribution in [3.05, 3.63) is 116 Å². The van der Waals surface area contributed by atoms with Crippen molar-refractivity contribution in [2.24, 2.45) is 5.10 Å². The lowest BCUT2D eigenvalue weighted by atomic mass is 10.2. The van der Waals surface area contributed by atoms with Crippen molar-refractivity contribution in [2.75, 3.05) is 13.7 Å². The van der Waals surface area contributed by atoms with Gasteiger partial charge in [-0.15, -0.1) is 0 Å². The van der Waals surface area contributed by atoms with Crippen LogP contribution in [0.5, 0.6) is 23.0 Å². The van der Waals surface area contributed by atoms with E-state index >= 15 is 0 Å². The van der Waals surface area contributed by atoms with Crippen molar-refractivity contribution < 1.29 is 23.7 Å². The molecule has 0 aliphatic carbocycles. The van der Waals surface area contributed by atoms with Crippen LogP contribution in [-0.2, 0) is 13.2 Å². The lowest BCUT2D eigenvalue weighted by molar-refractivity contribution is 0.0954. The summed E-state index contributed by atoms with van der Waals surface area (Å²) in [5, 5.41) is 4.78. The number of methoxy groups -OCH3 is 1. The van der Waals surface area contributed by atoms with E-state index in [1.54, 1.807) is 37.6 Å². The fourth-order valence-corrected chi connectivity index (χ4v) is 4.73. The molecule has 9 heteroatoms. The average molecular weight is 671 g/mol. The molecule has 0 bridgehead atoms. The fourth-order valence-electron chi connectivity index (χ4n) is 3.74. The van der Waals surface area contributed by atoms with Crippen LogP contribution in [0.4, 0.5) is 0 Å². The third-order valence-corrected chi connectivity index (χ3v) is 6.68. The Morgan fingerprint density at radius 3 is 2.40 bits per heavy atom. The van der Waals surface area contributed by atoms with E-state index in [0.717, 1.165) is 20.3 Å². The lowest BCUT2D eigenvalue weighted by Crippen LogP contribution is -2.17. The van der Waals surface area contributed by atoms with Gasteiger partial charge in [0.2, 0.25) is 0 Å². The van der Waals surface area contributed by atoms with E-state index in [1.807, 2.05) is 67.6 Å². The molecule has 0 radical (unpaired) electrons. The summed E-state index contributed by atoms with van der Waals surface area (Å²) in [5.74, 6) is 1.83. The zero-order valence-corrected chi connectivity index (χ0v) is 24.9. The number of carbonyl (C=O) groups is 1. The van der Waals surface area contributed by atoms with Gasteiger partial charge in [0.15, 0.2) is 23.0 Å². The number of rotatable bonds is 12. The van der Waals surface area contributed by atoms with Crippen molar-refractivity contribution in [1.29, 1.82) is 0 Å². The highest BCUT2D eigenvalue weighted by Gasteiger charge is 2.13. The molecule has 1 N–H and O–H groups in total. The largest absolute Gasteiger partial charge is 0.493 e. The molecule has 4 aromatic rings. The Hall–Kier alpha value is -3.76. The highest BCUT2D eigenvalue weighted by molar-refractivity contribution is 14.1. The van der Waals surface area contributed by atoms with Crippen LogP contribution in [0.2, 0.25) is 5.02 Å². The molecule has 4 rings (SSSR count). The van der Waals surface area contributed by atoms with E-state index in [-0.39, 0.29) is 5.91 Å². The molecular weight excluding hydrogens is 643 g/mol. The van der Waals surface area contributed by atoms with Crippen LogP contribution in [-0.4, -0.2) is 25.8 Å². The summed E-state index contributed by atoms with van der Waals surface area (Å²) in [4.78, 5) is 12.8. The minimum absolute atomic E-state index is 0.343. The van der Waals surface area contributed by atoms with Gasteiger partial charge < -0.3 is 18.9 Å². The monoisotopic (exact) mass is 670 g/mol. The van der Waals surface area contributed by atoms with Gasteiger partial charge in [-0.2, -0.15) is 5.10 Å². The van der Waals surface area contributed by atoms with E-state index in [2.05, 4.69) is 33.1 Å². The molecule has 4 aromatic carbocycles. The summed E-state index contributed by atoms with van der Waals surface area (Å²) in [7, 11) is 1.57. The molecule has 0 aliphatic rings. The number of amides is 1. The van der Waals surface area contributed by atoms with Crippen LogP contribution < -0.4 is 24.4 Å². The molecule has 0 saturated heterocycles. The number of hydrazone groups is 1. The molecule has 1 amide bonds. The number of ether oxygens (including phenoxy) is 4. The molecule has 0 atom stereocenters. The lowest BCUT2D eigenvalue weighted by Gasteiger charge is -2.14. The molecule has 0 aromatic heterocycles. The van der Waals surface area contributed by atoms with E-state index in [4.69, 9.17) is 30.5 Å². The van der Waals surface area contributed by atoms with Crippen LogP contribution in [0, 0.1) is 3.57 Å². The Morgan fingerprint density at radius 2 is 1.65 bits per heavy atom. The summed E-state index contributed by atoms with van der Waals surface area (Å²) in [6.45, 7) is 3.05. The van der Waals surface area contributed by atoms with Crippen molar-refractivity contribution >= 4 is 46.3 Å². The first-order valence-electron chi connectivity index (χ1n) is 12.5. The number of hydrogen-bond acceptors (Lipinski definition) is 6. The standard InChI is InChI=1S/C31H28ClIN2O5/c1-3-38-28-17-24(12-13-27(28)39-19-21-8-5-4-6-9-21)31(36)35-34-18-23-15-26(33)30(29(16-23)37-2)40-20-22-10-7-11-25(32)14-22/h4-18H,3,19-20H2,1-2H3,(H,35,36)/b34-18+. The predicted molar refractivity (Wildman–Crippen MR) is 165 cm³/mol. The second-order valence-corrected chi connectivity index (χ2v) is 10.1. The third-order valence-electron chi connectivity index (χ3n) is 5.65. The third kappa shape index (κ3) is 8.12. The molecular formula is C31H28ClIN2O5. The Labute approximate surface area is 252 Å². The minimum atomic E-state index is -0.380. The number of nitrogens with one attached hydrogen (secondary N) is 1. The van der Waals surface area contributed by atoms with Gasteiger partial charge in [-0.05, 0) is 88.7 Å². The topological polar surface area (TPSA) is 78.4 Å². The first kappa shape index (κ1) is 29.2. The molecule has 0 aliphatic heterocycles. The SMILES string of the molecule is CCOc1cc(C(=O)N/N=C/c2cc(I)c(OCc3cccc(Cl)c3)c(OC)c2)ccc1OCc1ccccc1. The van der Waals surface area contributed by atoms with Gasteiger partial charge in [-0.25, -0.2) is 5.43 Å². The summed E-state index contributed by atoms with van der Waals surface area (Å²) in [6, 6.07) is 26.0. The molecule has 0 fully saturated rings. The number of carbonyl (C=O) groups excluding carboxylic acids is 1. The Kier molecular flexibility index (Phi) is 10.7. The van der Waals surface area contributed by atoms with Gasteiger partial charge in [0.05, 0.1) is 23.5 Å². The minimum Gasteiger partial charge on any atom is -0.493 e. The van der Waals surface area contributed by atoms with Gasteiger partial charge in [-0.1, -0.05) is 54.1 Å². The van der Waals surface area contributed by atoms with Gasteiger partial charge in [0.25, 0.3) is 5.91 Å². The van der Waals surface area contributed by atoms with Crippen LogP contribution in [0.15, 0.2) is 90.0 Å². The van der Waals surface area contributed by atoms with E-state index in [9.17, 15) is 4.79 Å². The van der Waals surface area contributed by atoms with Crippen molar-refractivity contribution in [1.82, 2.24) is 5.43 Å². The van der Waals surface area contributed by atoms with Gasteiger partial charge >= 0.3 is 0 Å². The predicted octanol–water partition coefficient (Wildman–Crippen LogP) is 7.27. The van der Waals surface area contributed by atoms with Crippen molar-refractivity contribution in [3.63, 3.8) is 0 Å².